The number of carbonyl (C=O) groups is 1. The average Bonchev–Trinajstić information content (AvgIpc) is 2.83. The van der Waals surface area contributed by atoms with E-state index < -0.39 is 0 Å². The Kier molecular flexibility index (Phi) is 6.12. The fourth-order valence-corrected chi connectivity index (χ4v) is 2.91. The number of benzene rings is 1. The van der Waals surface area contributed by atoms with E-state index in [1.807, 2.05) is 20.8 Å². The topological polar surface area (TPSA) is 63.6 Å². The van der Waals surface area contributed by atoms with Crippen molar-refractivity contribution in [2.75, 3.05) is 6.61 Å². The molecule has 2 aromatic rings. The van der Waals surface area contributed by atoms with Gasteiger partial charge in [-0.15, -0.1) is 11.3 Å². The zero-order valence-electron chi connectivity index (χ0n) is 13.2. The molecule has 0 bridgehead atoms. The van der Waals surface area contributed by atoms with E-state index in [9.17, 15) is 4.79 Å². The van der Waals surface area contributed by atoms with Crippen LogP contribution in [-0.2, 0) is 11.2 Å². The zero-order valence-corrected chi connectivity index (χ0v) is 14.8. The van der Waals surface area contributed by atoms with E-state index in [4.69, 9.17) is 16.3 Å². The minimum absolute atomic E-state index is 0.100. The van der Waals surface area contributed by atoms with Gasteiger partial charge >= 0.3 is 0 Å². The summed E-state index contributed by atoms with van der Waals surface area (Å²) >= 11 is 7.57. The zero-order chi connectivity index (χ0) is 16.8. The second kappa shape index (κ2) is 8.08. The lowest BCUT2D eigenvalue weighted by molar-refractivity contribution is -0.123. The second-order valence-electron chi connectivity index (χ2n) is 4.99. The number of hydrogen-bond donors (Lipinski definition) is 1. The molecule has 0 fully saturated rings. The maximum atomic E-state index is 11.7. The Labute approximate surface area is 144 Å². The molecule has 1 amide bonds. The van der Waals surface area contributed by atoms with Crippen molar-refractivity contribution in [2.45, 2.75) is 27.2 Å². The van der Waals surface area contributed by atoms with Gasteiger partial charge in [0.25, 0.3) is 5.91 Å². The average molecular weight is 352 g/mol. The van der Waals surface area contributed by atoms with Gasteiger partial charge in [-0.3, -0.25) is 4.79 Å². The van der Waals surface area contributed by atoms with Gasteiger partial charge in [0.05, 0.1) is 10.7 Å². The van der Waals surface area contributed by atoms with Crippen LogP contribution < -0.4 is 10.2 Å². The highest BCUT2D eigenvalue weighted by molar-refractivity contribution is 7.11. The first-order valence-electron chi connectivity index (χ1n) is 7.08. The molecular formula is C16H18ClN3O2S. The minimum atomic E-state index is -0.314. The normalized spacial score (nSPS) is 11.0. The number of amides is 1. The molecule has 0 spiro atoms. The number of hydrazone groups is 1. The largest absolute Gasteiger partial charge is 0.484 e. The SMILES string of the molecule is Cc1nc(C)c(CC=NNC(=O)COc2ccc(Cl)c(C)c2)s1. The van der Waals surface area contributed by atoms with Crippen LogP contribution in [0.15, 0.2) is 23.3 Å². The van der Waals surface area contributed by atoms with Gasteiger partial charge in [-0.2, -0.15) is 5.10 Å². The van der Waals surface area contributed by atoms with Crippen molar-refractivity contribution in [3.63, 3.8) is 0 Å². The highest BCUT2D eigenvalue weighted by Gasteiger charge is 2.04. The van der Waals surface area contributed by atoms with Crippen LogP contribution in [0.2, 0.25) is 5.02 Å². The molecule has 0 saturated heterocycles. The Morgan fingerprint density at radius 1 is 1.43 bits per heavy atom. The third kappa shape index (κ3) is 5.33. The van der Waals surface area contributed by atoms with Gasteiger partial charge in [-0.25, -0.2) is 10.4 Å². The molecule has 1 heterocycles. The van der Waals surface area contributed by atoms with Crippen LogP contribution in [0.1, 0.15) is 21.1 Å². The lowest BCUT2D eigenvalue weighted by atomic mass is 10.2. The molecule has 1 aromatic heterocycles. The standard InChI is InChI=1S/C16H18ClN3O2S/c1-10-8-13(4-5-14(10)17)22-9-16(21)20-18-7-6-15-11(2)19-12(3)23-15/h4-5,7-8H,6,9H2,1-3H3,(H,20,21). The van der Waals surface area contributed by atoms with E-state index in [1.54, 1.807) is 35.8 Å². The van der Waals surface area contributed by atoms with Crippen molar-refractivity contribution in [2.24, 2.45) is 5.10 Å². The van der Waals surface area contributed by atoms with E-state index in [0.29, 0.717) is 17.2 Å². The molecule has 122 valence electrons. The third-order valence-electron chi connectivity index (χ3n) is 3.06. The first kappa shape index (κ1) is 17.4. The molecule has 5 nitrogen and oxygen atoms in total. The first-order valence-corrected chi connectivity index (χ1v) is 8.27. The number of ether oxygens (including phenoxy) is 1. The third-order valence-corrected chi connectivity index (χ3v) is 4.58. The quantitative estimate of drug-likeness (QED) is 0.640. The number of carbonyl (C=O) groups excluding carboxylic acids is 1. The summed E-state index contributed by atoms with van der Waals surface area (Å²) in [6.45, 7) is 5.71. The Hall–Kier alpha value is -1.92. The molecule has 0 saturated carbocycles. The molecule has 0 unspecified atom stereocenters. The molecule has 2 rings (SSSR count). The molecule has 0 atom stereocenters. The summed E-state index contributed by atoms with van der Waals surface area (Å²) in [5.41, 5.74) is 4.35. The first-order chi connectivity index (χ1) is 11.0. The van der Waals surface area contributed by atoms with E-state index in [1.165, 1.54) is 0 Å². The van der Waals surface area contributed by atoms with Crippen molar-refractivity contribution in [3.8, 4) is 5.75 Å². The number of nitrogens with zero attached hydrogens (tertiary/aromatic N) is 2. The summed E-state index contributed by atoms with van der Waals surface area (Å²) in [4.78, 5) is 17.2. The minimum Gasteiger partial charge on any atom is -0.484 e. The number of halogens is 1. The Balaban J connectivity index is 1.75. The number of thiazole rings is 1. The van der Waals surface area contributed by atoms with E-state index in [0.717, 1.165) is 21.1 Å². The predicted octanol–water partition coefficient (Wildman–Crippen LogP) is 3.45. The summed E-state index contributed by atoms with van der Waals surface area (Å²) in [6, 6.07) is 5.25. The fourth-order valence-electron chi connectivity index (χ4n) is 1.90. The molecule has 0 aliphatic carbocycles. The maximum absolute atomic E-state index is 11.7. The van der Waals surface area contributed by atoms with E-state index >= 15 is 0 Å². The van der Waals surface area contributed by atoms with Crippen LogP contribution in [0, 0.1) is 20.8 Å². The van der Waals surface area contributed by atoms with Crippen molar-refractivity contribution >= 4 is 35.1 Å². The maximum Gasteiger partial charge on any atom is 0.277 e. The predicted molar refractivity (Wildman–Crippen MR) is 93.6 cm³/mol. The van der Waals surface area contributed by atoms with Gasteiger partial charge in [-0.05, 0) is 44.5 Å². The van der Waals surface area contributed by atoms with Gasteiger partial charge in [0.15, 0.2) is 6.61 Å². The Morgan fingerprint density at radius 2 is 2.22 bits per heavy atom. The van der Waals surface area contributed by atoms with Crippen LogP contribution in [-0.4, -0.2) is 23.7 Å². The van der Waals surface area contributed by atoms with Crippen LogP contribution in [0.25, 0.3) is 0 Å². The summed E-state index contributed by atoms with van der Waals surface area (Å²) in [5.74, 6) is 0.285. The smallest absolute Gasteiger partial charge is 0.277 e. The van der Waals surface area contributed by atoms with Crippen LogP contribution in [0.5, 0.6) is 5.75 Å². The van der Waals surface area contributed by atoms with Gasteiger partial charge in [0.1, 0.15) is 5.75 Å². The number of nitrogens with one attached hydrogen (secondary N) is 1. The second-order valence-corrected chi connectivity index (χ2v) is 6.69. The Morgan fingerprint density at radius 3 is 2.87 bits per heavy atom. The fraction of sp³-hybridized carbons (Fsp3) is 0.312. The summed E-state index contributed by atoms with van der Waals surface area (Å²) in [7, 11) is 0. The molecule has 0 aliphatic heterocycles. The number of hydrogen-bond acceptors (Lipinski definition) is 5. The molecule has 1 N–H and O–H groups in total. The van der Waals surface area contributed by atoms with Crippen molar-refractivity contribution in [3.05, 3.63) is 44.4 Å². The van der Waals surface area contributed by atoms with E-state index in [-0.39, 0.29) is 12.5 Å². The molecule has 1 aromatic carbocycles. The van der Waals surface area contributed by atoms with Gasteiger partial charge in [0, 0.05) is 22.5 Å². The van der Waals surface area contributed by atoms with Crippen molar-refractivity contribution in [1.29, 1.82) is 0 Å². The highest BCUT2D eigenvalue weighted by atomic mass is 35.5. The summed E-state index contributed by atoms with van der Waals surface area (Å²) < 4.78 is 5.39. The van der Waals surface area contributed by atoms with Crippen molar-refractivity contribution in [1.82, 2.24) is 10.4 Å². The van der Waals surface area contributed by atoms with Crippen molar-refractivity contribution < 1.29 is 9.53 Å². The monoisotopic (exact) mass is 351 g/mol. The number of aryl methyl sites for hydroxylation is 3. The molecule has 7 heteroatoms. The lowest BCUT2D eigenvalue weighted by Gasteiger charge is -2.06. The molecule has 0 radical (unpaired) electrons. The van der Waals surface area contributed by atoms with Gasteiger partial charge < -0.3 is 4.74 Å². The number of rotatable bonds is 6. The summed E-state index contributed by atoms with van der Waals surface area (Å²) in [5, 5.41) is 5.61. The van der Waals surface area contributed by atoms with Crippen LogP contribution >= 0.6 is 22.9 Å². The molecule has 0 aliphatic rings. The summed E-state index contributed by atoms with van der Waals surface area (Å²) in [6.07, 6.45) is 2.30. The van der Waals surface area contributed by atoms with Gasteiger partial charge in [0.2, 0.25) is 0 Å². The van der Waals surface area contributed by atoms with Crippen LogP contribution in [0.4, 0.5) is 0 Å². The van der Waals surface area contributed by atoms with E-state index in [2.05, 4.69) is 15.5 Å². The Bertz CT molecular complexity index is 728. The molecular weight excluding hydrogens is 334 g/mol. The number of aromatic nitrogens is 1. The van der Waals surface area contributed by atoms with Crippen LogP contribution in [0.3, 0.4) is 0 Å². The lowest BCUT2D eigenvalue weighted by Crippen LogP contribution is -2.24. The molecule has 23 heavy (non-hydrogen) atoms. The highest BCUT2D eigenvalue weighted by Crippen LogP contribution is 2.20. The van der Waals surface area contributed by atoms with Gasteiger partial charge in [-0.1, -0.05) is 11.6 Å².